The summed E-state index contributed by atoms with van der Waals surface area (Å²) in [6, 6.07) is -0.797. The van der Waals surface area contributed by atoms with E-state index in [4.69, 9.17) is 9.47 Å². The number of fused-ring (bicyclic) bond motifs is 5. The normalized spacial score (nSPS) is 46.7. The van der Waals surface area contributed by atoms with Gasteiger partial charge in [0.05, 0.1) is 18.2 Å². The number of aliphatic hydroxyl groups excluding tert-OH is 2. The first-order valence-corrected chi connectivity index (χ1v) is 17.0. The second-order valence-corrected chi connectivity index (χ2v) is 15.7. The molecule has 0 spiro atoms. The molecule has 5 aliphatic rings. The third kappa shape index (κ3) is 5.93. The molecule has 3 saturated carbocycles. The van der Waals surface area contributed by atoms with Crippen LogP contribution in [0.2, 0.25) is 0 Å². The van der Waals surface area contributed by atoms with Crippen molar-refractivity contribution in [2.75, 3.05) is 0 Å². The molecule has 41 heavy (non-hydrogen) atoms. The second-order valence-electron chi connectivity index (χ2n) is 15.7. The van der Waals surface area contributed by atoms with Crippen LogP contribution in [0.3, 0.4) is 0 Å². The Balaban J connectivity index is 1.24. The van der Waals surface area contributed by atoms with E-state index < -0.39 is 30.6 Å². The van der Waals surface area contributed by atoms with Crippen LogP contribution < -0.4 is 5.32 Å². The molecule has 1 aliphatic heterocycles. The first-order chi connectivity index (χ1) is 19.3. The van der Waals surface area contributed by atoms with Crippen molar-refractivity contribution in [1.82, 2.24) is 5.32 Å². The van der Waals surface area contributed by atoms with E-state index in [1.54, 1.807) is 12.5 Å². The van der Waals surface area contributed by atoms with Gasteiger partial charge in [-0.2, -0.15) is 0 Å². The van der Waals surface area contributed by atoms with Crippen LogP contribution in [0.5, 0.6) is 0 Å². The zero-order valence-electron chi connectivity index (χ0n) is 26.9. The van der Waals surface area contributed by atoms with E-state index in [-0.39, 0.29) is 17.4 Å². The molecule has 4 fully saturated rings. The van der Waals surface area contributed by atoms with Gasteiger partial charge >= 0.3 is 0 Å². The van der Waals surface area contributed by atoms with E-state index in [0.717, 1.165) is 54.8 Å². The van der Waals surface area contributed by atoms with Crippen molar-refractivity contribution in [1.29, 1.82) is 0 Å². The SMILES string of the molecule is CC(=O)N[C@@H]1[C@H](O)[C@H](O[C@H]2CC[C@@]3(C)C(=CC[C@H]4[C@@H]5CC[C@H]([C@H](C)CCCC(C)C)[C@@]5(C)CC[C@@H]43)C2)O[C@H](C)[C@H]1O. The molecule has 3 N–H and O–H groups in total. The molecular formula is C35H59NO5. The molecule has 4 aliphatic carbocycles. The van der Waals surface area contributed by atoms with E-state index in [1.807, 2.05) is 0 Å². The summed E-state index contributed by atoms with van der Waals surface area (Å²) in [4.78, 5) is 11.7. The number of carbonyl (C=O) groups excluding carboxylic acids is 1. The molecule has 13 atom stereocenters. The molecular weight excluding hydrogens is 514 g/mol. The number of rotatable bonds is 8. The molecule has 0 radical (unpaired) electrons. The average Bonchev–Trinajstić information content (AvgIpc) is 3.27. The third-order valence-electron chi connectivity index (χ3n) is 12.8. The number of carbonyl (C=O) groups is 1. The summed E-state index contributed by atoms with van der Waals surface area (Å²) in [5.74, 6) is 4.66. The summed E-state index contributed by atoms with van der Waals surface area (Å²) in [6.45, 7) is 15.6. The van der Waals surface area contributed by atoms with E-state index in [1.165, 1.54) is 58.3 Å². The van der Waals surface area contributed by atoms with Crippen LogP contribution in [0.4, 0.5) is 0 Å². The number of aliphatic hydroxyl groups is 2. The smallest absolute Gasteiger partial charge is 0.217 e. The summed E-state index contributed by atoms with van der Waals surface area (Å²) in [5.41, 5.74) is 2.28. The fourth-order valence-corrected chi connectivity index (χ4v) is 10.5. The maximum absolute atomic E-state index is 11.7. The zero-order valence-corrected chi connectivity index (χ0v) is 26.9. The molecule has 0 bridgehead atoms. The van der Waals surface area contributed by atoms with Crippen LogP contribution in [0.1, 0.15) is 119 Å². The first-order valence-electron chi connectivity index (χ1n) is 17.0. The van der Waals surface area contributed by atoms with Crippen molar-refractivity contribution < 1.29 is 24.5 Å². The summed E-state index contributed by atoms with van der Waals surface area (Å²) >= 11 is 0. The van der Waals surface area contributed by atoms with Gasteiger partial charge in [-0.1, -0.05) is 65.5 Å². The Morgan fingerprint density at radius 2 is 1.83 bits per heavy atom. The number of hydrogen-bond acceptors (Lipinski definition) is 5. The summed E-state index contributed by atoms with van der Waals surface area (Å²) < 4.78 is 12.3. The lowest BCUT2D eigenvalue weighted by Gasteiger charge is -2.58. The van der Waals surface area contributed by atoms with Crippen molar-refractivity contribution in [3.05, 3.63) is 11.6 Å². The number of hydrogen-bond donors (Lipinski definition) is 3. The van der Waals surface area contributed by atoms with Crippen molar-refractivity contribution >= 4 is 5.91 Å². The monoisotopic (exact) mass is 573 g/mol. The highest BCUT2D eigenvalue weighted by atomic mass is 16.7. The molecule has 0 aromatic carbocycles. The van der Waals surface area contributed by atoms with Crippen molar-refractivity contribution in [2.45, 2.75) is 156 Å². The zero-order chi connectivity index (χ0) is 29.7. The highest BCUT2D eigenvalue weighted by Crippen LogP contribution is 2.67. The maximum Gasteiger partial charge on any atom is 0.217 e. The lowest BCUT2D eigenvalue weighted by Crippen LogP contribution is -2.64. The van der Waals surface area contributed by atoms with Gasteiger partial charge in [-0.3, -0.25) is 4.79 Å². The minimum absolute atomic E-state index is 0.0256. The van der Waals surface area contributed by atoms with Crippen LogP contribution in [0.25, 0.3) is 0 Å². The number of ether oxygens (including phenoxy) is 2. The summed E-state index contributed by atoms with van der Waals surface area (Å²) in [5, 5.41) is 24.1. The molecule has 6 heteroatoms. The number of allylic oxidation sites excluding steroid dienone is 1. The fourth-order valence-electron chi connectivity index (χ4n) is 10.5. The number of amides is 1. The Bertz CT molecular complexity index is 966. The van der Waals surface area contributed by atoms with E-state index >= 15 is 0 Å². The minimum atomic E-state index is -1.11. The maximum atomic E-state index is 11.7. The van der Waals surface area contributed by atoms with Gasteiger partial charge in [0.1, 0.15) is 12.2 Å². The van der Waals surface area contributed by atoms with Gasteiger partial charge < -0.3 is 25.0 Å². The predicted octanol–water partition coefficient (Wildman–Crippen LogP) is 6.38. The Morgan fingerprint density at radius 1 is 1.07 bits per heavy atom. The fraction of sp³-hybridized carbons (Fsp3) is 0.914. The van der Waals surface area contributed by atoms with Crippen molar-refractivity contribution in [2.24, 2.45) is 46.3 Å². The molecule has 6 nitrogen and oxygen atoms in total. The summed E-state index contributed by atoms with van der Waals surface area (Å²) in [6.07, 6.45) is 12.9. The van der Waals surface area contributed by atoms with Gasteiger partial charge in [-0.05, 0) is 105 Å². The average molecular weight is 574 g/mol. The van der Waals surface area contributed by atoms with Gasteiger partial charge in [0.2, 0.25) is 5.91 Å². The largest absolute Gasteiger partial charge is 0.388 e. The van der Waals surface area contributed by atoms with Gasteiger partial charge in [-0.25, -0.2) is 0 Å². The lowest BCUT2D eigenvalue weighted by molar-refractivity contribution is -0.285. The first kappa shape index (κ1) is 31.5. The number of nitrogens with one attached hydrogen (secondary N) is 1. The van der Waals surface area contributed by atoms with Gasteiger partial charge in [0.25, 0.3) is 0 Å². The molecule has 234 valence electrons. The Morgan fingerprint density at radius 3 is 2.54 bits per heavy atom. The molecule has 1 saturated heterocycles. The van der Waals surface area contributed by atoms with E-state index in [9.17, 15) is 15.0 Å². The van der Waals surface area contributed by atoms with Crippen LogP contribution in [0.15, 0.2) is 11.6 Å². The summed E-state index contributed by atoms with van der Waals surface area (Å²) in [7, 11) is 0. The molecule has 1 amide bonds. The Kier molecular flexibility index (Phi) is 9.37. The minimum Gasteiger partial charge on any atom is -0.388 e. The Labute approximate surface area is 249 Å². The topological polar surface area (TPSA) is 88.0 Å². The molecule has 0 aromatic heterocycles. The van der Waals surface area contributed by atoms with E-state index in [2.05, 4.69) is 46.0 Å². The molecule has 5 rings (SSSR count). The highest BCUT2D eigenvalue weighted by molar-refractivity contribution is 5.73. The van der Waals surface area contributed by atoms with Gasteiger partial charge in [-0.15, -0.1) is 0 Å². The van der Waals surface area contributed by atoms with Crippen LogP contribution in [0, 0.1) is 46.3 Å². The van der Waals surface area contributed by atoms with Crippen molar-refractivity contribution in [3.8, 4) is 0 Å². The van der Waals surface area contributed by atoms with Gasteiger partial charge in [0.15, 0.2) is 6.29 Å². The third-order valence-corrected chi connectivity index (χ3v) is 12.8. The van der Waals surface area contributed by atoms with E-state index in [0.29, 0.717) is 5.41 Å². The van der Waals surface area contributed by atoms with Crippen LogP contribution in [-0.4, -0.2) is 52.9 Å². The molecule has 0 aromatic rings. The second kappa shape index (κ2) is 12.2. The molecule has 0 unspecified atom stereocenters. The standard InChI is InChI=1S/C35H59NO5/c1-20(2)9-8-10-21(3)27-13-14-28-26-12-11-24-19-25(15-17-34(24,6)29(26)16-18-35(27,28)7)41-33-32(39)30(36-23(5)37)31(38)22(4)40-33/h11,20-22,25-33,38-39H,8-10,12-19H2,1-7H3,(H,36,37)/t21-,22-,25+,26+,27-,28+,29+,30+,31-,32+,33+,34+,35-/m1/s1. The van der Waals surface area contributed by atoms with Crippen LogP contribution in [-0.2, 0) is 14.3 Å². The quantitative estimate of drug-likeness (QED) is 0.293. The highest BCUT2D eigenvalue weighted by Gasteiger charge is 2.59. The van der Waals surface area contributed by atoms with Crippen LogP contribution >= 0.6 is 0 Å². The lowest BCUT2D eigenvalue weighted by atomic mass is 9.47. The molecule has 1 heterocycles. The Hall–Kier alpha value is -0.950. The van der Waals surface area contributed by atoms with Crippen molar-refractivity contribution in [3.63, 3.8) is 0 Å². The van der Waals surface area contributed by atoms with Gasteiger partial charge in [0, 0.05) is 6.92 Å². The predicted molar refractivity (Wildman–Crippen MR) is 162 cm³/mol.